The molecule has 170 valence electrons. The van der Waals surface area contributed by atoms with Gasteiger partial charge in [0.05, 0.1) is 25.5 Å². The van der Waals surface area contributed by atoms with Crippen LogP contribution in [0.4, 0.5) is 5.69 Å². The summed E-state index contributed by atoms with van der Waals surface area (Å²) in [6.45, 7) is 1.47. The largest absolute Gasteiger partial charge is 0.493 e. The molecule has 1 atom stereocenters. The average molecular weight is 437 g/mol. The predicted molar refractivity (Wildman–Crippen MR) is 125 cm³/mol. The van der Waals surface area contributed by atoms with Gasteiger partial charge in [-0.2, -0.15) is 0 Å². The lowest BCUT2D eigenvalue weighted by Gasteiger charge is -2.28. The lowest BCUT2D eigenvalue weighted by Crippen LogP contribution is -2.36. The number of hydrogen-bond acceptors (Lipinski definition) is 4. The first-order valence-electron chi connectivity index (χ1n) is 11.5. The van der Waals surface area contributed by atoms with E-state index in [1.807, 2.05) is 11.0 Å². The Kier molecular flexibility index (Phi) is 6.98. The molecule has 6 heteroatoms. The molecule has 1 unspecified atom stereocenters. The van der Waals surface area contributed by atoms with Crippen molar-refractivity contribution in [1.29, 1.82) is 0 Å². The van der Waals surface area contributed by atoms with Crippen molar-refractivity contribution in [1.82, 2.24) is 4.90 Å². The molecule has 0 saturated carbocycles. The van der Waals surface area contributed by atoms with E-state index in [0.29, 0.717) is 29.2 Å². The number of benzene rings is 2. The van der Waals surface area contributed by atoms with E-state index in [4.69, 9.17) is 9.47 Å². The Morgan fingerprint density at radius 2 is 1.72 bits per heavy atom. The highest BCUT2D eigenvalue weighted by Gasteiger charge is 2.26. The van der Waals surface area contributed by atoms with Gasteiger partial charge in [-0.25, -0.2) is 0 Å². The van der Waals surface area contributed by atoms with Crippen LogP contribution >= 0.6 is 0 Å². The molecule has 1 aliphatic carbocycles. The number of piperidine rings is 1. The molecule has 2 amide bonds. The van der Waals surface area contributed by atoms with Gasteiger partial charge in [0, 0.05) is 25.6 Å². The van der Waals surface area contributed by atoms with Crippen LogP contribution in [0.2, 0.25) is 0 Å². The maximum Gasteiger partial charge on any atom is 0.256 e. The van der Waals surface area contributed by atoms with Gasteiger partial charge in [-0.15, -0.1) is 0 Å². The number of carbonyl (C=O) groups is 2. The van der Waals surface area contributed by atoms with Gasteiger partial charge in [0.25, 0.3) is 5.91 Å². The number of nitrogens with zero attached hydrogens (tertiary/aromatic N) is 1. The molecule has 2 aliphatic rings. The maximum atomic E-state index is 13.3. The summed E-state index contributed by atoms with van der Waals surface area (Å²) < 4.78 is 10.9. The molecule has 0 bridgehead atoms. The fraction of sp³-hybridized carbons (Fsp3) is 0.462. The number of aryl methyl sites for hydroxylation is 1. The van der Waals surface area contributed by atoms with Crippen molar-refractivity contribution in [3.05, 3.63) is 53.1 Å². The number of rotatable bonds is 6. The van der Waals surface area contributed by atoms with Crippen molar-refractivity contribution < 1.29 is 19.1 Å². The van der Waals surface area contributed by atoms with Crippen molar-refractivity contribution in [2.75, 3.05) is 32.6 Å². The van der Waals surface area contributed by atoms with E-state index < -0.39 is 0 Å². The Hall–Kier alpha value is -3.02. The monoisotopic (exact) mass is 436 g/mol. The van der Waals surface area contributed by atoms with Gasteiger partial charge >= 0.3 is 0 Å². The van der Waals surface area contributed by atoms with Crippen molar-refractivity contribution in [3.63, 3.8) is 0 Å². The zero-order chi connectivity index (χ0) is 22.5. The lowest BCUT2D eigenvalue weighted by atomic mass is 9.81. The predicted octanol–water partition coefficient (Wildman–Crippen LogP) is 4.78. The van der Waals surface area contributed by atoms with Gasteiger partial charge in [0.1, 0.15) is 0 Å². The Morgan fingerprint density at radius 3 is 2.47 bits per heavy atom. The quantitative estimate of drug-likeness (QED) is 0.708. The van der Waals surface area contributed by atoms with Crippen LogP contribution in [0.1, 0.15) is 65.9 Å². The van der Waals surface area contributed by atoms with Gasteiger partial charge in [-0.05, 0) is 61.6 Å². The SMILES string of the molecule is COc1cc(NC(=O)CC2CCCc3ccccc32)c(C(=O)N2CCCCC2)cc1OC. The average Bonchev–Trinajstić information content (AvgIpc) is 2.84. The summed E-state index contributed by atoms with van der Waals surface area (Å²) in [5.74, 6) is 0.991. The number of methoxy groups -OCH3 is 2. The molecule has 6 nitrogen and oxygen atoms in total. The summed E-state index contributed by atoms with van der Waals surface area (Å²) in [4.78, 5) is 28.2. The molecular formula is C26H32N2O4. The van der Waals surface area contributed by atoms with Gasteiger partial charge in [0.2, 0.25) is 5.91 Å². The molecule has 1 heterocycles. The minimum Gasteiger partial charge on any atom is -0.493 e. The third-order valence-electron chi connectivity index (χ3n) is 6.60. The van der Waals surface area contributed by atoms with Gasteiger partial charge in [0.15, 0.2) is 11.5 Å². The second-order valence-electron chi connectivity index (χ2n) is 8.65. The first kappa shape index (κ1) is 22.2. The van der Waals surface area contributed by atoms with Gasteiger partial charge in [-0.1, -0.05) is 24.3 Å². The van der Waals surface area contributed by atoms with E-state index in [2.05, 4.69) is 23.5 Å². The third kappa shape index (κ3) is 4.74. The summed E-state index contributed by atoms with van der Waals surface area (Å²) in [6, 6.07) is 11.8. The minimum absolute atomic E-state index is 0.0797. The second kappa shape index (κ2) is 10.1. The first-order chi connectivity index (χ1) is 15.6. The van der Waals surface area contributed by atoms with Crippen LogP contribution in [-0.2, 0) is 11.2 Å². The Labute approximate surface area is 189 Å². The minimum atomic E-state index is -0.0911. The van der Waals surface area contributed by atoms with Crippen LogP contribution in [0.25, 0.3) is 0 Å². The fourth-order valence-electron chi connectivity index (χ4n) is 4.92. The molecule has 0 spiro atoms. The van der Waals surface area contributed by atoms with Crippen molar-refractivity contribution in [2.24, 2.45) is 0 Å². The summed E-state index contributed by atoms with van der Waals surface area (Å²) in [7, 11) is 3.10. The zero-order valence-corrected chi connectivity index (χ0v) is 19.0. The Balaban J connectivity index is 1.58. The Bertz CT molecular complexity index is 982. The molecule has 1 N–H and O–H groups in total. The summed E-state index contributed by atoms with van der Waals surface area (Å²) in [5, 5.41) is 3.01. The van der Waals surface area contributed by atoms with Crippen LogP contribution in [0.3, 0.4) is 0 Å². The maximum absolute atomic E-state index is 13.3. The number of hydrogen-bond donors (Lipinski definition) is 1. The number of carbonyl (C=O) groups excluding carboxylic acids is 2. The number of amides is 2. The molecule has 0 radical (unpaired) electrons. The molecule has 1 saturated heterocycles. The van der Waals surface area contributed by atoms with E-state index in [1.54, 1.807) is 26.4 Å². The molecule has 2 aromatic carbocycles. The number of fused-ring (bicyclic) bond motifs is 1. The normalized spacial score (nSPS) is 17.9. The van der Waals surface area contributed by atoms with Crippen LogP contribution in [0, 0.1) is 0 Å². The van der Waals surface area contributed by atoms with Crippen LogP contribution < -0.4 is 14.8 Å². The highest BCUT2D eigenvalue weighted by atomic mass is 16.5. The van der Waals surface area contributed by atoms with E-state index in [1.165, 1.54) is 11.1 Å². The van der Waals surface area contributed by atoms with Crippen molar-refractivity contribution in [3.8, 4) is 11.5 Å². The number of likely N-dealkylation sites (tertiary alicyclic amines) is 1. The molecule has 0 aromatic heterocycles. The van der Waals surface area contributed by atoms with E-state index >= 15 is 0 Å². The number of ether oxygens (including phenoxy) is 2. The van der Waals surface area contributed by atoms with E-state index in [-0.39, 0.29) is 17.7 Å². The lowest BCUT2D eigenvalue weighted by molar-refractivity contribution is -0.116. The molecule has 4 rings (SSSR count). The molecule has 32 heavy (non-hydrogen) atoms. The van der Waals surface area contributed by atoms with Crippen LogP contribution in [-0.4, -0.2) is 44.0 Å². The standard InChI is InChI=1S/C26H32N2O4/c1-31-23-16-21(26(30)28-13-6-3-7-14-28)22(17-24(23)32-2)27-25(29)15-19-11-8-10-18-9-4-5-12-20(18)19/h4-5,9,12,16-17,19H,3,6-8,10-11,13-15H2,1-2H3,(H,27,29). The fourth-order valence-corrected chi connectivity index (χ4v) is 4.92. The highest BCUT2D eigenvalue weighted by Crippen LogP contribution is 2.36. The number of nitrogens with one attached hydrogen (secondary N) is 1. The molecule has 1 fully saturated rings. The summed E-state index contributed by atoms with van der Waals surface area (Å²) in [6.07, 6.45) is 6.69. The third-order valence-corrected chi connectivity index (χ3v) is 6.60. The summed E-state index contributed by atoms with van der Waals surface area (Å²) >= 11 is 0. The topological polar surface area (TPSA) is 67.9 Å². The van der Waals surface area contributed by atoms with E-state index in [9.17, 15) is 9.59 Å². The summed E-state index contributed by atoms with van der Waals surface area (Å²) in [5.41, 5.74) is 3.53. The highest BCUT2D eigenvalue weighted by molar-refractivity contribution is 6.04. The number of anilines is 1. The van der Waals surface area contributed by atoms with Gasteiger partial charge < -0.3 is 19.7 Å². The van der Waals surface area contributed by atoms with E-state index in [0.717, 1.165) is 51.6 Å². The van der Waals surface area contributed by atoms with Crippen LogP contribution in [0.5, 0.6) is 11.5 Å². The van der Waals surface area contributed by atoms with Crippen molar-refractivity contribution >= 4 is 17.5 Å². The molecule has 1 aliphatic heterocycles. The van der Waals surface area contributed by atoms with Crippen LogP contribution in [0.15, 0.2) is 36.4 Å². The molecule has 2 aromatic rings. The Morgan fingerprint density at radius 1 is 1.00 bits per heavy atom. The smallest absolute Gasteiger partial charge is 0.256 e. The zero-order valence-electron chi connectivity index (χ0n) is 19.0. The van der Waals surface area contributed by atoms with Gasteiger partial charge in [-0.3, -0.25) is 9.59 Å². The molecular weight excluding hydrogens is 404 g/mol. The van der Waals surface area contributed by atoms with Crippen molar-refractivity contribution in [2.45, 2.75) is 50.9 Å². The second-order valence-corrected chi connectivity index (χ2v) is 8.65. The first-order valence-corrected chi connectivity index (χ1v) is 11.5.